The van der Waals surface area contributed by atoms with Crippen LogP contribution in [0.5, 0.6) is 5.75 Å². The number of hydrogen-bond donors (Lipinski definition) is 1. The van der Waals surface area contributed by atoms with Gasteiger partial charge >= 0.3 is 5.97 Å². The summed E-state index contributed by atoms with van der Waals surface area (Å²) in [7, 11) is 1.49. The Morgan fingerprint density at radius 1 is 1.48 bits per heavy atom. The third-order valence-electron chi connectivity index (χ3n) is 4.19. The summed E-state index contributed by atoms with van der Waals surface area (Å²) in [6.45, 7) is 5.82. The highest BCUT2D eigenvalue weighted by Gasteiger charge is 2.24. The van der Waals surface area contributed by atoms with Crippen LogP contribution in [-0.2, 0) is 4.74 Å². The third kappa shape index (κ3) is 4.75. The molecule has 0 amide bonds. The van der Waals surface area contributed by atoms with Crippen LogP contribution in [0.4, 0.5) is 5.69 Å². The molecule has 1 aromatic rings. The number of nitrogen functional groups attached to an aromatic ring is 1. The van der Waals surface area contributed by atoms with Gasteiger partial charge in [-0.1, -0.05) is 24.9 Å². The summed E-state index contributed by atoms with van der Waals surface area (Å²) in [6.07, 6.45) is 3.48. The minimum atomic E-state index is -0.421. The van der Waals surface area contributed by atoms with Gasteiger partial charge in [-0.05, 0) is 32.0 Å². The molecule has 128 valence electrons. The first kappa shape index (κ1) is 17.9. The number of unbranched alkanes of at least 4 members (excludes halogenated alkanes) is 1. The van der Waals surface area contributed by atoms with E-state index in [1.807, 2.05) is 0 Å². The second kappa shape index (κ2) is 8.41. The maximum atomic E-state index is 12.3. The highest BCUT2D eigenvalue weighted by molar-refractivity contribution is 6.33. The number of methoxy groups -OCH3 is 1. The van der Waals surface area contributed by atoms with Crippen LogP contribution in [0.15, 0.2) is 12.1 Å². The Morgan fingerprint density at radius 3 is 2.96 bits per heavy atom. The Labute approximate surface area is 142 Å². The van der Waals surface area contributed by atoms with Crippen molar-refractivity contribution < 1.29 is 14.3 Å². The first-order chi connectivity index (χ1) is 11.0. The molecule has 1 fully saturated rings. The summed E-state index contributed by atoms with van der Waals surface area (Å²) in [5.41, 5.74) is 6.41. The zero-order valence-electron chi connectivity index (χ0n) is 13.8. The fourth-order valence-corrected chi connectivity index (χ4v) is 2.97. The van der Waals surface area contributed by atoms with E-state index in [-0.39, 0.29) is 0 Å². The monoisotopic (exact) mass is 340 g/mol. The van der Waals surface area contributed by atoms with E-state index < -0.39 is 5.97 Å². The van der Waals surface area contributed by atoms with Gasteiger partial charge in [0.2, 0.25) is 0 Å². The van der Waals surface area contributed by atoms with E-state index in [0.29, 0.717) is 34.5 Å². The van der Waals surface area contributed by atoms with E-state index >= 15 is 0 Å². The third-order valence-corrected chi connectivity index (χ3v) is 4.51. The van der Waals surface area contributed by atoms with Gasteiger partial charge < -0.3 is 20.1 Å². The molecule has 0 aromatic heterocycles. The smallest absolute Gasteiger partial charge is 0.341 e. The van der Waals surface area contributed by atoms with Gasteiger partial charge in [0.15, 0.2) is 0 Å². The molecule has 0 aliphatic carbocycles. The van der Waals surface area contributed by atoms with E-state index in [2.05, 4.69) is 11.8 Å². The van der Waals surface area contributed by atoms with Crippen LogP contribution in [0, 0.1) is 5.92 Å². The lowest BCUT2D eigenvalue weighted by Crippen LogP contribution is -2.23. The molecule has 0 saturated carbocycles. The van der Waals surface area contributed by atoms with Gasteiger partial charge in [-0.3, -0.25) is 0 Å². The number of nitrogens with two attached hydrogens (primary N) is 1. The average molecular weight is 341 g/mol. The molecule has 0 bridgehead atoms. The van der Waals surface area contributed by atoms with Crippen LogP contribution in [0.25, 0.3) is 0 Å². The number of carbonyl (C=O) groups is 1. The Bertz CT molecular complexity index is 551. The van der Waals surface area contributed by atoms with Gasteiger partial charge in [-0.25, -0.2) is 4.79 Å². The minimum absolute atomic E-state index is 0.313. The molecule has 1 unspecified atom stereocenters. The molecule has 1 atom stereocenters. The molecule has 23 heavy (non-hydrogen) atoms. The van der Waals surface area contributed by atoms with Gasteiger partial charge in [-0.15, -0.1) is 0 Å². The van der Waals surface area contributed by atoms with Crippen molar-refractivity contribution in [2.24, 2.45) is 5.92 Å². The van der Waals surface area contributed by atoms with Crippen molar-refractivity contribution >= 4 is 23.3 Å². The summed E-state index contributed by atoms with van der Waals surface area (Å²) in [6, 6.07) is 3.04. The molecule has 1 heterocycles. The van der Waals surface area contributed by atoms with Crippen molar-refractivity contribution in [3.63, 3.8) is 0 Å². The number of ether oxygens (including phenoxy) is 2. The summed E-state index contributed by atoms with van der Waals surface area (Å²) in [5, 5.41) is 0.323. The predicted molar refractivity (Wildman–Crippen MR) is 92.2 cm³/mol. The van der Waals surface area contributed by atoms with Crippen molar-refractivity contribution in [1.29, 1.82) is 0 Å². The molecule has 2 rings (SSSR count). The van der Waals surface area contributed by atoms with Crippen LogP contribution in [-0.4, -0.2) is 44.2 Å². The van der Waals surface area contributed by atoms with Crippen LogP contribution < -0.4 is 10.5 Å². The number of hydrogen-bond acceptors (Lipinski definition) is 5. The summed E-state index contributed by atoms with van der Waals surface area (Å²) in [5.74, 6) is 0.356. The van der Waals surface area contributed by atoms with Crippen molar-refractivity contribution in [3.05, 3.63) is 22.7 Å². The zero-order valence-corrected chi connectivity index (χ0v) is 14.6. The normalized spacial score (nSPS) is 18.1. The molecule has 0 radical (unpaired) electrons. The van der Waals surface area contributed by atoms with Crippen LogP contribution in [0.3, 0.4) is 0 Å². The molecular weight excluding hydrogens is 316 g/mol. The Balaban J connectivity index is 1.89. The van der Waals surface area contributed by atoms with E-state index in [9.17, 15) is 4.79 Å². The number of halogens is 1. The fourth-order valence-electron chi connectivity index (χ4n) is 2.80. The van der Waals surface area contributed by atoms with Gasteiger partial charge in [0, 0.05) is 18.5 Å². The van der Waals surface area contributed by atoms with Gasteiger partial charge in [0.25, 0.3) is 0 Å². The van der Waals surface area contributed by atoms with Crippen LogP contribution in [0.1, 0.15) is 36.5 Å². The van der Waals surface area contributed by atoms with Crippen LogP contribution >= 0.6 is 11.6 Å². The lowest BCUT2D eigenvalue weighted by molar-refractivity contribution is 0.0440. The largest absolute Gasteiger partial charge is 0.496 e. The fraction of sp³-hybridized carbons (Fsp3) is 0.588. The lowest BCUT2D eigenvalue weighted by Gasteiger charge is -2.16. The number of rotatable bonds is 7. The summed E-state index contributed by atoms with van der Waals surface area (Å²) < 4.78 is 10.6. The first-order valence-corrected chi connectivity index (χ1v) is 8.45. The summed E-state index contributed by atoms with van der Waals surface area (Å²) in [4.78, 5) is 14.7. The first-order valence-electron chi connectivity index (χ1n) is 8.07. The van der Waals surface area contributed by atoms with Gasteiger partial charge in [0.1, 0.15) is 11.3 Å². The average Bonchev–Trinajstić information content (AvgIpc) is 3.00. The maximum absolute atomic E-state index is 12.3. The SMILES string of the molecule is CCCCN1CCC(COC(=O)c2cc(Cl)c(N)cc2OC)C1. The summed E-state index contributed by atoms with van der Waals surface area (Å²) >= 11 is 5.99. The molecule has 5 nitrogen and oxygen atoms in total. The molecule has 1 saturated heterocycles. The van der Waals surface area contributed by atoms with Gasteiger partial charge in [-0.2, -0.15) is 0 Å². The Hall–Kier alpha value is -1.46. The number of esters is 1. The number of nitrogens with zero attached hydrogens (tertiary/aromatic N) is 1. The molecule has 2 N–H and O–H groups in total. The van der Waals surface area contributed by atoms with Crippen LogP contribution in [0.2, 0.25) is 5.02 Å². The Morgan fingerprint density at radius 2 is 2.26 bits per heavy atom. The zero-order chi connectivity index (χ0) is 16.8. The highest BCUT2D eigenvalue weighted by atomic mass is 35.5. The van der Waals surface area contributed by atoms with E-state index in [0.717, 1.165) is 26.1 Å². The minimum Gasteiger partial charge on any atom is -0.496 e. The maximum Gasteiger partial charge on any atom is 0.341 e. The number of anilines is 1. The highest BCUT2D eigenvalue weighted by Crippen LogP contribution is 2.29. The Kier molecular flexibility index (Phi) is 6.54. The van der Waals surface area contributed by atoms with Crippen molar-refractivity contribution in [2.75, 3.05) is 39.1 Å². The van der Waals surface area contributed by atoms with Crippen molar-refractivity contribution in [3.8, 4) is 5.75 Å². The number of benzene rings is 1. The predicted octanol–water partition coefficient (Wildman–Crippen LogP) is 3.21. The molecule has 1 aromatic carbocycles. The lowest BCUT2D eigenvalue weighted by atomic mass is 10.1. The van der Waals surface area contributed by atoms with E-state index in [1.165, 1.54) is 26.0 Å². The number of likely N-dealkylation sites (tertiary alicyclic amines) is 1. The molecular formula is C17H25ClN2O3. The molecule has 1 aliphatic rings. The van der Waals surface area contributed by atoms with E-state index in [1.54, 1.807) is 6.07 Å². The van der Waals surface area contributed by atoms with E-state index in [4.69, 9.17) is 26.8 Å². The van der Waals surface area contributed by atoms with Crippen molar-refractivity contribution in [1.82, 2.24) is 4.90 Å². The number of carbonyl (C=O) groups excluding carboxylic acids is 1. The van der Waals surface area contributed by atoms with Crippen molar-refractivity contribution in [2.45, 2.75) is 26.2 Å². The molecule has 6 heteroatoms. The second-order valence-corrected chi connectivity index (χ2v) is 6.39. The second-order valence-electron chi connectivity index (χ2n) is 5.98. The standard InChI is InChI=1S/C17H25ClN2O3/c1-3-4-6-20-7-5-12(10-20)11-23-17(21)13-8-14(18)15(19)9-16(13)22-2/h8-9,12H,3-7,10-11,19H2,1-2H3. The molecule has 1 aliphatic heterocycles. The quantitative estimate of drug-likeness (QED) is 0.610. The topological polar surface area (TPSA) is 64.8 Å². The van der Waals surface area contributed by atoms with Gasteiger partial charge in [0.05, 0.1) is 24.4 Å². The molecule has 0 spiro atoms.